The summed E-state index contributed by atoms with van der Waals surface area (Å²) in [6.45, 7) is 6.24. The fourth-order valence-electron chi connectivity index (χ4n) is 2.57. The van der Waals surface area contributed by atoms with E-state index in [-0.39, 0.29) is 6.61 Å². The van der Waals surface area contributed by atoms with Gasteiger partial charge in [0.1, 0.15) is 0 Å². The maximum atomic E-state index is 9.07. The summed E-state index contributed by atoms with van der Waals surface area (Å²) in [5.74, 6) is 0.443. The minimum Gasteiger partial charge on any atom is -0.392 e. The van der Waals surface area contributed by atoms with Crippen LogP contribution in [0.15, 0.2) is 30.5 Å². The molecule has 0 aliphatic rings. The van der Waals surface area contributed by atoms with E-state index in [0.29, 0.717) is 5.92 Å². The topological polar surface area (TPSA) is 41.3 Å². The first-order valence-electron chi connectivity index (χ1n) is 7.39. The zero-order valence-electron chi connectivity index (χ0n) is 13.4. The molecule has 1 aromatic heterocycles. The van der Waals surface area contributed by atoms with Gasteiger partial charge in [-0.15, -0.1) is 0 Å². The lowest BCUT2D eigenvalue weighted by atomic mass is 10.1. The number of nitrogens with zero attached hydrogens (tertiary/aromatic N) is 3. The number of aryl methyl sites for hydroxylation is 1. The van der Waals surface area contributed by atoms with Crippen LogP contribution in [0.3, 0.4) is 0 Å². The molecule has 21 heavy (non-hydrogen) atoms. The third kappa shape index (κ3) is 4.16. The van der Waals surface area contributed by atoms with Crippen LogP contribution >= 0.6 is 0 Å². The molecule has 4 nitrogen and oxygen atoms in total. The normalized spacial score (nSPS) is 11.6. The molecular weight excluding hydrogens is 262 g/mol. The lowest BCUT2D eigenvalue weighted by Crippen LogP contribution is -2.18. The standard InChI is InChI=1S/C17H25N3O/c1-13(2)17-16(11-20(4)18-17)10-19(3)9-14-5-7-15(12-21)8-6-14/h5-8,11,13,21H,9-10,12H2,1-4H3. The van der Waals surface area contributed by atoms with E-state index in [0.717, 1.165) is 18.7 Å². The first kappa shape index (κ1) is 15.7. The Labute approximate surface area is 127 Å². The average Bonchev–Trinajstić information content (AvgIpc) is 2.80. The van der Waals surface area contributed by atoms with Gasteiger partial charge in [-0.25, -0.2) is 0 Å². The Morgan fingerprint density at radius 1 is 1.14 bits per heavy atom. The molecule has 0 saturated heterocycles. The molecule has 0 aliphatic heterocycles. The summed E-state index contributed by atoms with van der Waals surface area (Å²) < 4.78 is 1.90. The van der Waals surface area contributed by atoms with Gasteiger partial charge in [-0.1, -0.05) is 38.1 Å². The second kappa shape index (κ2) is 6.87. The Hall–Kier alpha value is -1.65. The Bertz CT molecular complexity index is 572. The molecule has 2 aromatic rings. The zero-order chi connectivity index (χ0) is 15.4. The monoisotopic (exact) mass is 287 g/mol. The summed E-state index contributed by atoms with van der Waals surface area (Å²) in [5, 5.41) is 13.6. The molecule has 0 spiro atoms. The Kier molecular flexibility index (Phi) is 5.15. The predicted molar refractivity (Wildman–Crippen MR) is 84.8 cm³/mol. The SMILES string of the molecule is CC(C)c1nn(C)cc1CN(C)Cc1ccc(CO)cc1. The van der Waals surface area contributed by atoms with Gasteiger partial charge in [0.25, 0.3) is 0 Å². The molecule has 114 valence electrons. The number of hydrogen-bond donors (Lipinski definition) is 1. The lowest BCUT2D eigenvalue weighted by molar-refractivity contribution is 0.281. The summed E-state index contributed by atoms with van der Waals surface area (Å²) in [4.78, 5) is 2.29. The molecule has 0 atom stereocenters. The van der Waals surface area contributed by atoms with Crippen molar-refractivity contribution < 1.29 is 5.11 Å². The van der Waals surface area contributed by atoms with Crippen molar-refractivity contribution >= 4 is 0 Å². The van der Waals surface area contributed by atoms with Crippen molar-refractivity contribution in [3.05, 3.63) is 52.8 Å². The van der Waals surface area contributed by atoms with E-state index in [2.05, 4.69) is 49.2 Å². The van der Waals surface area contributed by atoms with E-state index in [1.54, 1.807) is 0 Å². The summed E-state index contributed by atoms with van der Waals surface area (Å²) in [5.41, 5.74) is 4.68. The lowest BCUT2D eigenvalue weighted by Gasteiger charge is -2.17. The number of aromatic nitrogens is 2. The van der Waals surface area contributed by atoms with Crippen LogP contribution < -0.4 is 0 Å². The molecule has 0 radical (unpaired) electrons. The number of aliphatic hydroxyl groups is 1. The highest BCUT2D eigenvalue weighted by Crippen LogP contribution is 2.19. The molecule has 1 N–H and O–H groups in total. The smallest absolute Gasteiger partial charge is 0.0694 e. The van der Waals surface area contributed by atoms with Gasteiger partial charge in [0.15, 0.2) is 0 Å². The Morgan fingerprint density at radius 3 is 2.33 bits per heavy atom. The van der Waals surface area contributed by atoms with Crippen molar-refractivity contribution in [2.45, 2.75) is 39.5 Å². The van der Waals surface area contributed by atoms with Crippen LogP contribution in [0.2, 0.25) is 0 Å². The predicted octanol–water partition coefficient (Wildman–Crippen LogP) is 2.67. The van der Waals surface area contributed by atoms with Crippen molar-refractivity contribution in [2.75, 3.05) is 7.05 Å². The van der Waals surface area contributed by atoms with Crippen molar-refractivity contribution in [3.63, 3.8) is 0 Å². The van der Waals surface area contributed by atoms with Gasteiger partial charge in [-0.05, 0) is 24.1 Å². The van der Waals surface area contributed by atoms with Gasteiger partial charge < -0.3 is 5.11 Å². The van der Waals surface area contributed by atoms with Gasteiger partial charge >= 0.3 is 0 Å². The highest BCUT2D eigenvalue weighted by Gasteiger charge is 2.13. The van der Waals surface area contributed by atoms with Crippen LogP contribution in [0.25, 0.3) is 0 Å². The molecule has 0 saturated carbocycles. The molecule has 0 aliphatic carbocycles. The molecule has 0 unspecified atom stereocenters. The van der Waals surface area contributed by atoms with Crippen molar-refractivity contribution in [2.24, 2.45) is 7.05 Å². The molecule has 0 bridgehead atoms. The largest absolute Gasteiger partial charge is 0.392 e. The zero-order valence-corrected chi connectivity index (χ0v) is 13.4. The average molecular weight is 287 g/mol. The van der Waals surface area contributed by atoms with Crippen molar-refractivity contribution in [1.29, 1.82) is 0 Å². The van der Waals surface area contributed by atoms with Crippen LogP contribution in [0.1, 0.15) is 42.1 Å². The molecule has 0 fully saturated rings. The van der Waals surface area contributed by atoms with Gasteiger partial charge in [0.05, 0.1) is 12.3 Å². The molecule has 1 aromatic carbocycles. The Morgan fingerprint density at radius 2 is 1.76 bits per heavy atom. The summed E-state index contributed by atoms with van der Waals surface area (Å²) in [6, 6.07) is 8.11. The van der Waals surface area contributed by atoms with Crippen molar-refractivity contribution in [1.82, 2.24) is 14.7 Å². The van der Waals surface area contributed by atoms with Crippen LogP contribution in [0.4, 0.5) is 0 Å². The van der Waals surface area contributed by atoms with Gasteiger partial charge in [0, 0.05) is 31.9 Å². The quantitative estimate of drug-likeness (QED) is 0.888. The Balaban J connectivity index is 2.02. The number of hydrogen-bond acceptors (Lipinski definition) is 3. The van der Waals surface area contributed by atoms with E-state index in [4.69, 9.17) is 5.11 Å². The van der Waals surface area contributed by atoms with Crippen LogP contribution in [0.5, 0.6) is 0 Å². The number of aliphatic hydroxyl groups excluding tert-OH is 1. The summed E-state index contributed by atoms with van der Waals surface area (Å²) in [6.07, 6.45) is 2.11. The first-order valence-corrected chi connectivity index (χ1v) is 7.39. The minimum absolute atomic E-state index is 0.101. The maximum Gasteiger partial charge on any atom is 0.0694 e. The second-order valence-corrected chi connectivity index (χ2v) is 6.01. The highest BCUT2D eigenvalue weighted by atomic mass is 16.3. The number of benzene rings is 1. The van der Waals surface area contributed by atoms with Crippen LogP contribution in [-0.2, 0) is 26.7 Å². The molecule has 2 rings (SSSR count). The van der Waals surface area contributed by atoms with E-state index < -0.39 is 0 Å². The van der Waals surface area contributed by atoms with Gasteiger partial charge in [0.2, 0.25) is 0 Å². The molecule has 0 amide bonds. The first-order chi connectivity index (χ1) is 9.99. The summed E-state index contributed by atoms with van der Waals surface area (Å²) >= 11 is 0. The van der Waals surface area contributed by atoms with E-state index in [1.807, 2.05) is 23.9 Å². The third-order valence-electron chi connectivity index (χ3n) is 3.58. The fraction of sp³-hybridized carbons (Fsp3) is 0.471. The highest BCUT2D eigenvalue weighted by molar-refractivity contribution is 5.23. The minimum atomic E-state index is 0.101. The van der Waals surface area contributed by atoms with Crippen LogP contribution in [0, 0.1) is 0 Å². The molecular formula is C17H25N3O. The second-order valence-electron chi connectivity index (χ2n) is 6.01. The summed E-state index contributed by atoms with van der Waals surface area (Å²) in [7, 11) is 4.10. The van der Waals surface area contributed by atoms with E-state index >= 15 is 0 Å². The molecule has 1 heterocycles. The van der Waals surface area contributed by atoms with Gasteiger partial charge in [-0.2, -0.15) is 5.10 Å². The third-order valence-corrected chi connectivity index (χ3v) is 3.58. The molecule has 4 heteroatoms. The van der Waals surface area contributed by atoms with E-state index in [9.17, 15) is 0 Å². The van der Waals surface area contributed by atoms with E-state index in [1.165, 1.54) is 16.8 Å². The fourth-order valence-corrected chi connectivity index (χ4v) is 2.57. The maximum absolute atomic E-state index is 9.07. The van der Waals surface area contributed by atoms with Crippen LogP contribution in [-0.4, -0.2) is 26.8 Å². The van der Waals surface area contributed by atoms with Gasteiger partial charge in [-0.3, -0.25) is 9.58 Å². The number of rotatable bonds is 6. The van der Waals surface area contributed by atoms with Crippen molar-refractivity contribution in [3.8, 4) is 0 Å².